The SMILES string of the molecule is COCCCNC(=O)/C(C#N)=C/c1ccc(OC)c2ccccc12. The molecule has 0 spiro atoms. The third kappa shape index (κ3) is 4.12. The van der Waals surface area contributed by atoms with Crippen molar-refractivity contribution in [3.8, 4) is 11.8 Å². The summed E-state index contributed by atoms with van der Waals surface area (Å²) in [6.45, 7) is 1.03. The van der Waals surface area contributed by atoms with Gasteiger partial charge in [0.15, 0.2) is 0 Å². The van der Waals surface area contributed by atoms with Crippen LogP contribution in [0.3, 0.4) is 0 Å². The molecule has 1 amide bonds. The summed E-state index contributed by atoms with van der Waals surface area (Å²) in [4.78, 5) is 12.1. The van der Waals surface area contributed by atoms with Gasteiger partial charge in [-0.3, -0.25) is 4.79 Å². The topological polar surface area (TPSA) is 71.3 Å². The Kier molecular flexibility index (Phi) is 6.35. The summed E-state index contributed by atoms with van der Waals surface area (Å²) in [5.74, 6) is 0.374. The minimum absolute atomic E-state index is 0.0720. The summed E-state index contributed by atoms with van der Waals surface area (Å²) in [7, 11) is 3.22. The minimum atomic E-state index is -0.381. The quantitative estimate of drug-likeness (QED) is 0.483. The summed E-state index contributed by atoms with van der Waals surface area (Å²) in [5, 5.41) is 13.9. The second-order valence-electron chi connectivity index (χ2n) is 5.17. The molecule has 0 aliphatic heterocycles. The monoisotopic (exact) mass is 324 g/mol. The fourth-order valence-electron chi connectivity index (χ4n) is 2.42. The van der Waals surface area contributed by atoms with Gasteiger partial charge in [0.1, 0.15) is 17.4 Å². The van der Waals surface area contributed by atoms with Gasteiger partial charge in [0.25, 0.3) is 5.91 Å². The van der Waals surface area contributed by atoms with Crippen molar-refractivity contribution in [3.05, 3.63) is 47.5 Å². The van der Waals surface area contributed by atoms with Gasteiger partial charge in [0.2, 0.25) is 0 Å². The molecule has 0 fully saturated rings. The Morgan fingerprint density at radius 2 is 1.96 bits per heavy atom. The fourth-order valence-corrected chi connectivity index (χ4v) is 2.42. The summed E-state index contributed by atoms with van der Waals surface area (Å²) < 4.78 is 10.3. The van der Waals surface area contributed by atoms with Gasteiger partial charge >= 0.3 is 0 Å². The molecular weight excluding hydrogens is 304 g/mol. The summed E-state index contributed by atoms with van der Waals surface area (Å²) in [6, 6.07) is 13.4. The Labute approximate surface area is 141 Å². The zero-order chi connectivity index (χ0) is 17.4. The molecule has 0 saturated carbocycles. The van der Waals surface area contributed by atoms with Crippen molar-refractivity contribution >= 4 is 22.8 Å². The van der Waals surface area contributed by atoms with Gasteiger partial charge < -0.3 is 14.8 Å². The van der Waals surface area contributed by atoms with Crippen LogP contribution < -0.4 is 10.1 Å². The van der Waals surface area contributed by atoms with Gasteiger partial charge in [0, 0.05) is 25.6 Å². The minimum Gasteiger partial charge on any atom is -0.496 e. The Bertz CT molecular complexity index is 791. The smallest absolute Gasteiger partial charge is 0.261 e. The molecule has 2 rings (SSSR count). The molecule has 1 N–H and O–H groups in total. The number of hydrogen-bond acceptors (Lipinski definition) is 4. The molecule has 0 bridgehead atoms. The highest BCUT2D eigenvalue weighted by atomic mass is 16.5. The number of methoxy groups -OCH3 is 2. The molecule has 24 heavy (non-hydrogen) atoms. The normalized spacial score (nSPS) is 11.1. The van der Waals surface area contributed by atoms with Crippen LogP contribution in [0.1, 0.15) is 12.0 Å². The van der Waals surface area contributed by atoms with Crippen LogP contribution in [0.4, 0.5) is 0 Å². The van der Waals surface area contributed by atoms with Gasteiger partial charge in [0.05, 0.1) is 7.11 Å². The number of nitriles is 1. The van der Waals surface area contributed by atoms with Gasteiger partial charge in [-0.1, -0.05) is 30.3 Å². The molecule has 5 heteroatoms. The first-order valence-corrected chi connectivity index (χ1v) is 7.66. The fraction of sp³-hybridized carbons (Fsp3) is 0.263. The zero-order valence-corrected chi connectivity index (χ0v) is 13.8. The van der Waals surface area contributed by atoms with Crippen LogP contribution in [0, 0.1) is 11.3 Å². The van der Waals surface area contributed by atoms with Crippen LogP contribution in [-0.4, -0.2) is 33.3 Å². The molecule has 2 aromatic rings. The third-order valence-electron chi connectivity index (χ3n) is 3.61. The number of hydrogen-bond donors (Lipinski definition) is 1. The number of carbonyl (C=O) groups is 1. The predicted octanol–water partition coefficient (Wildman–Crippen LogP) is 2.91. The van der Waals surface area contributed by atoms with Crippen molar-refractivity contribution in [2.24, 2.45) is 0 Å². The van der Waals surface area contributed by atoms with Crippen molar-refractivity contribution in [2.45, 2.75) is 6.42 Å². The average molecular weight is 324 g/mol. The number of fused-ring (bicyclic) bond motifs is 1. The van der Waals surface area contributed by atoms with Gasteiger partial charge in [-0.25, -0.2) is 0 Å². The van der Waals surface area contributed by atoms with Crippen LogP contribution >= 0.6 is 0 Å². The molecule has 0 atom stereocenters. The lowest BCUT2D eigenvalue weighted by molar-refractivity contribution is -0.117. The van der Waals surface area contributed by atoms with E-state index in [1.165, 1.54) is 0 Å². The van der Waals surface area contributed by atoms with Crippen LogP contribution in [0.25, 0.3) is 16.8 Å². The van der Waals surface area contributed by atoms with Gasteiger partial charge in [-0.2, -0.15) is 5.26 Å². The largest absolute Gasteiger partial charge is 0.496 e. The Hall–Kier alpha value is -2.84. The van der Waals surface area contributed by atoms with E-state index in [1.54, 1.807) is 20.3 Å². The first-order valence-electron chi connectivity index (χ1n) is 7.66. The van der Waals surface area contributed by atoms with E-state index >= 15 is 0 Å². The highest BCUT2D eigenvalue weighted by molar-refractivity contribution is 6.04. The van der Waals surface area contributed by atoms with E-state index in [4.69, 9.17) is 9.47 Å². The van der Waals surface area contributed by atoms with Crippen molar-refractivity contribution in [3.63, 3.8) is 0 Å². The number of amides is 1. The van der Waals surface area contributed by atoms with E-state index in [0.29, 0.717) is 19.6 Å². The maximum absolute atomic E-state index is 12.1. The van der Waals surface area contributed by atoms with Crippen molar-refractivity contribution in [1.82, 2.24) is 5.32 Å². The average Bonchev–Trinajstić information content (AvgIpc) is 2.63. The van der Waals surface area contributed by atoms with Crippen molar-refractivity contribution in [1.29, 1.82) is 5.26 Å². The van der Waals surface area contributed by atoms with E-state index in [2.05, 4.69) is 5.32 Å². The highest BCUT2D eigenvalue weighted by Crippen LogP contribution is 2.29. The first-order chi connectivity index (χ1) is 11.7. The number of rotatable bonds is 7. The number of ether oxygens (including phenoxy) is 2. The molecule has 0 saturated heterocycles. The van der Waals surface area contributed by atoms with Crippen LogP contribution in [0.2, 0.25) is 0 Å². The number of nitrogens with one attached hydrogen (secondary N) is 1. The van der Waals surface area contributed by atoms with Gasteiger partial charge in [-0.05, 0) is 29.5 Å². The molecule has 5 nitrogen and oxygen atoms in total. The van der Waals surface area contributed by atoms with E-state index in [9.17, 15) is 10.1 Å². The molecule has 0 heterocycles. The van der Waals surface area contributed by atoms with E-state index in [-0.39, 0.29) is 11.5 Å². The maximum atomic E-state index is 12.1. The molecule has 0 aromatic heterocycles. The summed E-state index contributed by atoms with van der Waals surface area (Å²) >= 11 is 0. The van der Waals surface area contributed by atoms with Crippen LogP contribution in [-0.2, 0) is 9.53 Å². The van der Waals surface area contributed by atoms with Crippen LogP contribution in [0.15, 0.2) is 42.0 Å². The maximum Gasteiger partial charge on any atom is 0.261 e. The Morgan fingerprint density at radius 3 is 2.62 bits per heavy atom. The number of carbonyl (C=O) groups excluding carboxylic acids is 1. The summed E-state index contributed by atoms with van der Waals surface area (Å²) in [5.41, 5.74) is 0.873. The second kappa shape index (κ2) is 8.70. The molecule has 0 aliphatic carbocycles. The van der Waals surface area contributed by atoms with E-state index < -0.39 is 0 Å². The predicted molar refractivity (Wildman–Crippen MR) is 93.6 cm³/mol. The van der Waals surface area contributed by atoms with E-state index in [1.807, 2.05) is 42.5 Å². The second-order valence-corrected chi connectivity index (χ2v) is 5.17. The molecule has 0 unspecified atom stereocenters. The number of benzene rings is 2. The van der Waals surface area contributed by atoms with E-state index in [0.717, 1.165) is 22.1 Å². The lowest BCUT2D eigenvalue weighted by Crippen LogP contribution is -2.26. The summed E-state index contributed by atoms with van der Waals surface area (Å²) in [6.07, 6.45) is 2.31. The lowest BCUT2D eigenvalue weighted by Gasteiger charge is -2.09. The lowest BCUT2D eigenvalue weighted by atomic mass is 10.0. The molecule has 0 aliphatic rings. The zero-order valence-electron chi connectivity index (χ0n) is 13.8. The Balaban J connectivity index is 2.30. The Morgan fingerprint density at radius 1 is 1.21 bits per heavy atom. The third-order valence-corrected chi connectivity index (χ3v) is 3.61. The molecule has 2 aromatic carbocycles. The standard InChI is InChI=1S/C19H20N2O3/c1-23-11-5-10-21-19(22)15(13-20)12-14-8-9-18(24-2)17-7-4-3-6-16(14)17/h3-4,6-9,12H,5,10-11H2,1-2H3,(H,21,22)/b15-12+. The van der Waals surface area contributed by atoms with Crippen LogP contribution in [0.5, 0.6) is 5.75 Å². The molecule has 0 radical (unpaired) electrons. The van der Waals surface area contributed by atoms with Gasteiger partial charge in [-0.15, -0.1) is 0 Å². The molecule has 124 valence electrons. The van der Waals surface area contributed by atoms with Crippen molar-refractivity contribution in [2.75, 3.05) is 27.4 Å². The van der Waals surface area contributed by atoms with Crippen molar-refractivity contribution < 1.29 is 14.3 Å². The number of nitrogens with zero attached hydrogens (tertiary/aromatic N) is 1. The molecular formula is C19H20N2O3. The first kappa shape index (κ1) is 17.5. The highest BCUT2D eigenvalue weighted by Gasteiger charge is 2.10.